The zero-order chi connectivity index (χ0) is 21.9. The first-order valence-corrected chi connectivity index (χ1v) is 10.7. The Morgan fingerprint density at radius 2 is 1.67 bits per heavy atom. The fraction of sp³-hybridized carbons (Fsp3) is 0.136. The molecule has 3 aromatic carbocycles. The maximum Gasteiger partial charge on any atom is 0.417 e. The van der Waals surface area contributed by atoms with Crippen molar-refractivity contribution in [1.29, 1.82) is 0 Å². The van der Waals surface area contributed by atoms with Crippen LogP contribution in [-0.4, -0.2) is 5.91 Å². The highest BCUT2D eigenvalue weighted by Crippen LogP contribution is 2.37. The minimum Gasteiger partial charge on any atom is -0.348 e. The lowest BCUT2D eigenvalue weighted by atomic mass is 9.95. The summed E-state index contributed by atoms with van der Waals surface area (Å²) in [6.07, 6.45) is -4.50. The number of hydrogen-bond acceptors (Lipinski definition) is 1. The van der Waals surface area contributed by atoms with Crippen molar-refractivity contribution in [3.8, 4) is 11.1 Å². The van der Waals surface area contributed by atoms with E-state index in [9.17, 15) is 18.0 Å². The number of nitrogens with one attached hydrogen (secondary N) is 1. The normalized spacial score (nSPS) is 11.4. The van der Waals surface area contributed by atoms with E-state index < -0.39 is 17.6 Å². The Labute approximate surface area is 190 Å². The minimum absolute atomic E-state index is 0.0198. The van der Waals surface area contributed by atoms with E-state index in [1.54, 1.807) is 30.3 Å². The molecule has 1 N–H and O–H groups in total. The van der Waals surface area contributed by atoms with Crippen LogP contribution in [0.2, 0.25) is 10.0 Å². The Balaban J connectivity index is 1.91. The summed E-state index contributed by atoms with van der Waals surface area (Å²) in [7, 11) is 0. The van der Waals surface area contributed by atoms with Crippen molar-refractivity contribution in [2.24, 2.45) is 0 Å². The fourth-order valence-electron chi connectivity index (χ4n) is 2.97. The molecule has 0 aliphatic carbocycles. The zero-order valence-electron chi connectivity index (χ0n) is 15.4. The number of benzene rings is 3. The zero-order valence-corrected chi connectivity index (χ0v) is 18.5. The van der Waals surface area contributed by atoms with Gasteiger partial charge in [-0.05, 0) is 52.6 Å². The summed E-state index contributed by atoms with van der Waals surface area (Å²) in [4.78, 5) is 12.7. The van der Waals surface area contributed by atoms with Gasteiger partial charge in [0, 0.05) is 17.4 Å². The van der Waals surface area contributed by atoms with Crippen LogP contribution in [0.3, 0.4) is 0 Å². The molecule has 0 spiro atoms. The smallest absolute Gasteiger partial charge is 0.348 e. The molecule has 0 fully saturated rings. The van der Waals surface area contributed by atoms with Crippen LogP contribution in [0.4, 0.5) is 13.2 Å². The van der Waals surface area contributed by atoms with E-state index in [0.717, 1.165) is 11.6 Å². The van der Waals surface area contributed by atoms with E-state index in [1.807, 2.05) is 0 Å². The van der Waals surface area contributed by atoms with E-state index in [2.05, 4.69) is 21.2 Å². The number of alkyl halides is 4. The van der Waals surface area contributed by atoms with Gasteiger partial charge in [-0.1, -0.05) is 69.5 Å². The number of carbonyl (C=O) groups is 1. The predicted octanol–water partition coefficient (Wildman–Crippen LogP) is 7.50. The molecular weight excluding hydrogens is 502 g/mol. The van der Waals surface area contributed by atoms with Gasteiger partial charge in [0.2, 0.25) is 0 Å². The monoisotopic (exact) mass is 515 g/mol. The second-order valence-corrected chi connectivity index (χ2v) is 7.90. The molecule has 30 heavy (non-hydrogen) atoms. The van der Waals surface area contributed by atoms with Crippen LogP contribution >= 0.6 is 39.1 Å². The van der Waals surface area contributed by atoms with Gasteiger partial charge in [0.15, 0.2) is 0 Å². The SMILES string of the molecule is O=C(NCc1ccc(Cl)c(Cl)c1)c1cc(CBr)cc(-c2ccccc2C(F)(F)F)c1. The Hall–Kier alpha value is -2.02. The number of amides is 1. The van der Waals surface area contributed by atoms with E-state index in [4.69, 9.17) is 23.2 Å². The molecule has 0 radical (unpaired) electrons. The summed E-state index contributed by atoms with van der Waals surface area (Å²) >= 11 is 15.2. The third-order valence-electron chi connectivity index (χ3n) is 4.39. The van der Waals surface area contributed by atoms with E-state index >= 15 is 0 Å². The lowest BCUT2D eigenvalue weighted by Crippen LogP contribution is -2.23. The van der Waals surface area contributed by atoms with Gasteiger partial charge in [-0.3, -0.25) is 4.79 Å². The third kappa shape index (κ3) is 5.36. The first-order chi connectivity index (χ1) is 14.2. The van der Waals surface area contributed by atoms with Crippen molar-refractivity contribution >= 4 is 45.0 Å². The van der Waals surface area contributed by atoms with Crippen LogP contribution in [0, 0.1) is 0 Å². The average molecular weight is 517 g/mol. The lowest BCUT2D eigenvalue weighted by Gasteiger charge is -2.15. The van der Waals surface area contributed by atoms with E-state index in [1.165, 1.54) is 24.3 Å². The van der Waals surface area contributed by atoms with Crippen molar-refractivity contribution in [1.82, 2.24) is 5.32 Å². The summed E-state index contributed by atoms with van der Waals surface area (Å²) in [5.74, 6) is -0.408. The Morgan fingerprint density at radius 3 is 2.33 bits per heavy atom. The molecule has 0 aliphatic rings. The van der Waals surface area contributed by atoms with Gasteiger partial charge in [0.1, 0.15) is 0 Å². The van der Waals surface area contributed by atoms with Gasteiger partial charge >= 0.3 is 6.18 Å². The summed E-state index contributed by atoms with van der Waals surface area (Å²) in [5.41, 5.74) is 1.28. The molecule has 0 heterocycles. The van der Waals surface area contributed by atoms with Gasteiger partial charge in [-0.15, -0.1) is 0 Å². The minimum atomic E-state index is -4.50. The van der Waals surface area contributed by atoms with Gasteiger partial charge in [-0.25, -0.2) is 0 Å². The standard InChI is InChI=1S/C22H15BrCl2F3NO/c23-11-14-7-15(17-3-1-2-4-18(17)22(26,27)28)10-16(8-14)21(30)29-12-13-5-6-19(24)20(25)9-13/h1-10H,11-12H2,(H,29,30). The quantitative estimate of drug-likeness (QED) is 0.349. The topological polar surface area (TPSA) is 29.1 Å². The average Bonchev–Trinajstić information content (AvgIpc) is 2.73. The molecule has 3 rings (SSSR count). The maximum atomic E-state index is 13.4. The molecule has 0 bridgehead atoms. The Bertz CT molecular complexity index is 1090. The Morgan fingerprint density at radius 1 is 0.933 bits per heavy atom. The number of hydrogen-bond donors (Lipinski definition) is 1. The van der Waals surface area contributed by atoms with Crippen LogP contribution in [-0.2, 0) is 18.1 Å². The highest BCUT2D eigenvalue weighted by Gasteiger charge is 2.33. The fourth-order valence-corrected chi connectivity index (χ4v) is 3.62. The van der Waals surface area contributed by atoms with Crippen molar-refractivity contribution in [3.05, 3.63) is 93.0 Å². The lowest BCUT2D eigenvalue weighted by molar-refractivity contribution is -0.137. The van der Waals surface area contributed by atoms with Gasteiger partial charge in [0.05, 0.1) is 15.6 Å². The molecule has 1 amide bonds. The first kappa shape index (κ1) is 22.7. The second-order valence-electron chi connectivity index (χ2n) is 6.53. The molecule has 0 aliphatic heterocycles. The maximum absolute atomic E-state index is 13.4. The van der Waals surface area contributed by atoms with Gasteiger partial charge in [-0.2, -0.15) is 13.2 Å². The van der Waals surface area contributed by atoms with Crippen molar-refractivity contribution < 1.29 is 18.0 Å². The molecule has 156 valence electrons. The van der Waals surface area contributed by atoms with E-state index in [-0.39, 0.29) is 17.7 Å². The first-order valence-electron chi connectivity index (χ1n) is 8.77. The predicted molar refractivity (Wildman–Crippen MR) is 117 cm³/mol. The Kier molecular flexibility index (Phi) is 7.11. The van der Waals surface area contributed by atoms with Crippen LogP contribution in [0.25, 0.3) is 11.1 Å². The molecular formula is C22H15BrCl2F3NO. The van der Waals surface area contributed by atoms with Crippen LogP contribution in [0.5, 0.6) is 0 Å². The largest absolute Gasteiger partial charge is 0.417 e. The summed E-state index contributed by atoms with van der Waals surface area (Å²) < 4.78 is 40.3. The summed E-state index contributed by atoms with van der Waals surface area (Å²) in [6.45, 7) is 0.197. The molecule has 0 saturated carbocycles. The highest BCUT2D eigenvalue weighted by atomic mass is 79.9. The molecule has 2 nitrogen and oxygen atoms in total. The van der Waals surface area contributed by atoms with Crippen molar-refractivity contribution in [3.63, 3.8) is 0 Å². The van der Waals surface area contributed by atoms with Crippen LogP contribution in [0.1, 0.15) is 27.0 Å². The number of carbonyl (C=O) groups excluding carboxylic acids is 1. The van der Waals surface area contributed by atoms with Gasteiger partial charge < -0.3 is 5.32 Å². The molecule has 3 aromatic rings. The number of halogens is 6. The third-order valence-corrected chi connectivity index (χ3v) is 5.78. The molecule has 0 unspecified atom stereocenters. The van der Waals surface area contributed by atoms with Crippen molar-refractivity contribution in [2.75, 3.05) is 0 Å². The van der Waals surface area contributed by atoms with Crippen molar-refractivity contribution in [2.45, 2.75) is 18.1 Å². The van der Waals surface area contributed by atoms with Crippen LogP contribution < -0.4 is 5.32 Å². The summed E-state index contributed by atoms with van der Waals surface area (Å²) in [5, 5.41) is 3.93. The molecule has 0 saturated heterocycles. The summed E-state index contributed by atoms with van der Waals surface area (Å²) in [6, 6.07) is 15.0. The van der Waals surface area contributed by atoms with Crippen LogP contribution in [0.15, 0.2) is 60.7 Å². The highest BCUT2D eigenvalue weighted by molar-refractivity contribution is 9.08. The van der Waals surface area contributed by atoms with Gasteiger partial charge in [0.25, 0.3) is 5.91 Å². The number of rotatable bonds is 5. The second kappa shape index (κ2) is 9.41. The van der Waals surface area contributed by atoms with E-state index in [0.29, 0.717) is 26.5 Å². The molecule has 8 heteroatoms. The molecule has 0 atom stereocenters. The molecule has 0 aromatic heterocycles.